The van der Waals surface area contributed by atoms with E-state index in [1.165, 1.54) is 0 Å². The smallest absolute Gasteiger partial charge is 0.254 e. The molecule has 1 N–H and O–H groups in total. The number of aliphatic hydroxyl groups is 1. The molecule has 0 unspecified atom stereocenters. The van der Waals surface area contributed by atoms with Crippen molar-refractivity contribution in [2.45, 2.75) is 33.0 Å². The molecule has 0 bridgehead atoms. The first-order valence-corrected chi connectivity index (χ1v) is 9.96. The molecule has 0 spiro atoms. The highest BCUT2D eigenvalue weighted by atomic mass is 16.5. The summed E-state index contributed by atoms with van der Waals surface area (Å²) in [5.74, 6) is 0.935. The Labute approximate surface area is 176 Å². The zero-order chi connectivity index (χ0) is 21.7. The number of aliphatic hydroxyl groups excluding tert-OH is 1. The topological polar surface area (TPSA) is 82.7 Å². The van der Waals surface area contributed by atoms with Crippen LogP contribution in [0.3, 0.4) is 0 Å². The predicted octanol–water partition coefficient (Wildman–Crippen LogP) is 3.13. The maximum absolute atomic E-state index is 12.7. The van der Waals surface area contributed by atoms with Crippen LogP contribution in [0.5, 0.6) is 0 Å². The van der Waals surface area contributed by atoms with E-state index in [0.29, 0.717) is 23.7 Å². The van der Waals surface area contributed by atoms with E-state index in [1.54, 1.807) is 24.1 Å². The third kappa shape index (κ3) is 5.11. The molecular weight excluding hydrogens is 380 g/mol. The Bertz CT molecular complexity index is 996. The van der Waals surface area contributed by atoms with Gasteiger partial charge in [-0.15, -0.1) is 0 Å². The van der Waals surface area contributed by atoms with E-state index in [2.05, 4.69) is 21.1 Å². The van der Waals surface area contributed by atoms with Crippen molar-refractivity contribution in [2.75, 3.05) is 21.1 Å². The van der Waals surface area contributed by atoms with Crippen molar-refractivity contribution in [2.24, 2.45) is 0 Å². The van der Waals surface area contributed by atoms with Crippen LogP contribution in [0.4, 0.5) is 0 Å². The van der Waals surface area contributed by atoms with Gasteiger partial charge in [0.1, 0.15) is 0 Å². The van der Waals surface area contributed by atoms with E-state index >= 15 is 0 Å². The van der Waals surface area contributed by atoms with Crippen molar-refractivity contribution in [3.63, 3.8) is 0 Å². The Balaban J connectivity index is 1.74. The van der Waals surface area contributed by atoms with E-state index in [0.717, 1.165) is 28.8 Å². The quantitative estimate of drug-likeness (QED) is 0.617. The number of benzene rings is 2. The third-order valence-electron chi connectivity index (χ3n) is 4.82. The predicted molar refractivity (Wildman–Crippen MR) is 115 cm³/mol. The van der Waals surface area contributed by atoms with Gasteiger partial charge < -0.3 is 19.4 Å². The number of hydrogen-bond donors (Lipinski definition) is 1. The fourth-order valence-corrected chi connectivity index (χ4v) is 3.32. The van der Waals surface area contributed by atoms with Crippen LogP contribution in [0.25, 0.3) is 11.1 Å². The van der Waals surface area contributed by atoms with Crippen LogP contribution < -0.4 is 0 Å². The van der Waals surface area contributed by atoms with Gasteiger partial charge in [-0.05, 0) is 48.5 Å². The summed E-state index contributed by atoms with van der Waals surface area (Å²) in [5.41, 5.74) is 4.52. The van der Waals surface area contributed by atoms with Crippen molar-refractivity contribution in [3.05, 3.63) is 70.9 Å². The summed E-state index contributed by atoms with van der Waals surface area (Å²) in [6.45, 7) is 3.00. The van der Waals surface area contributed by atoms with Crippen LogP contribution in [-0.2, 0) is 26.1 Å². The van der Waals surface area contributed by atoms with Gasteiger partial charge in [0.05, 0.1) is 13.2 Å². The summed E-state index contributed by atoms with van der Waals surface area (Å²) in [6.07, 6.45) is 0.665. The molecule has 0 fully saturated rings. The van der Waals surface area contributed by atoms with Gasteiger partial charge in [0, 0.05) is 25.6 Å². The average Bonchev–Trinajstić information content (AvgIpc) is 3.20. The highest BCUT2D eigenvalue weighted by Gasteiger charge is 2.16. The number of amides is 1. The first-order chi connectivity index (χ1) is 14.4. The lowest BCUT2D eigenvalue weighted by atomic mass is 9.96. The Morgan fingerprint density at radius 1 is 1.07 bits per heavy atom. The van der Waals surface area contributed by atoms with Crippen LogP contribution in [0, 0.1) is 0 Å². The van der Waals surface area contributed by atoms with Crippen molar-refractivity contribution >= 4 is 5.91 Å². The largest absolute Gasteiger partial charge is 0.392 e. The SMILES string of the molecule is CCc1nc(CN(C)C(=O)c2ccc(-c3ccc(CN(C)C)cc3CO)cc2)no1. The van der Waals surface area contributed by atoms with Gasteiger partial charge in [0.25, 0.3) is 5.91 Å². The molecule has 7 heteroatoms. The van der Waals surface area contributed by atoms with E-state index in [9.17, 15) is 9.90 Å². The molecule has 7 nitrogen and oxygen atoms in total. The summed E-state index contributed by atoms with van der Waals surface area (Å²) in [4.78, 5) is 20.6. The molecule has 3 rings (SSSR count). The number of aromatic nitrogens is 2. The molecule has 0 saturated carbocycles. The van der Waals surface area contributed by atoms with Crippen LogP contribution in [0.1, 0.15) is 40.1 Å². The summed E-state index contributed by atoms with van der Waals surface area (Å²) in [7, 11) is 5.74. The molecule has 0 radical (unpaired) electrons. The zero-order valence-corrected chi connectivity index (χ0v) is 17.9. The highest BCUT2D eigenvalue weighted by molar-refractivity contribution is 5.94. The summed E-state index contributed by atoms with van der Waals surface area (Å²) in [5, 5.41) is 13.7. The van der Waals surface area contributed by atoms with Crippen molar-refractivity contribution < 1.29 is 14.4 Å². The molecule has 0 aliphatic rings. The maximum Gasteiger partial charge on any atom is 0.254 e. The van der Waals surface area contributed by atoms with Gasteiger partial charge in [-0.3, -0.25) is 4.79 Å². The first-order valence-electron chi connectivity index (χ1n) is 9.96. The first kappa shape index (κ1) is 21.7. The fraction of sp³-hybridized carbons (Fsp3) is 0.348. The van der Waals surface area contributed by atoms with Crippen LogP contribution in [0.15, 0.2) is 47.0 Å². The van der Waals surface area contributed by atoms with Crippen LogP contribution >= 0.6 is 0 Å². The Morgan fingerprint density at radius 2 is 1.80 bits per heavy atom. The highest BCUT2D eigenvalue weighted by Crippen LogP contribution is 2.26. The number of carbonyl (C=O) groups is 1. The zero-order valence-electron chi connectivity index (χ0n) is 17.9. The molecule has 0 aliphatic heterocycles. The van der Waals surface area contributed by atoms with Crippen molar-refractivity contribution in [1.82, 2.24) is 19.9 Å². The maximum atomic E-state index is 12.7. The fourth-order valence-electron chi connectivity index (χ4n) is 3.32. The van der Waals surface area contributed by atoms with Gasteiger partial charge in [0.15, 0.2) is 5.82 Å². The lowest BCUT2D eigenvalue weighted by Gasteiger charge is -2.16. The Kier molecular flexibility index (Phi) is 6.97. The molecule has 1 amide bonds. The van der Waals surface area contributed by atoms with E-state index in [4.69, 9.17) is 4.52 Å². The minimum atomic E-state index is -0.117. The van der Waals surface area contributed by atoms with Crippen molar-refractivity contribution in [3.8, 4) is 11.1 Å². The second kappa shape index (κ2) is 9.65. The Morgan fingerprint density at radius 3 is 2.40 bits per heavy atom. The lowest BCUT2D eigenvalue weighted by molar-refractivity contribution is 0.0780. The standard InChI is InChI=1S/C23H28N4O3/c1-5-22-24-21(25-30-22)14-27(4)23(29)18-9-7-17(8-10-18)20-11-6-16(13-26(2)3)12-19(20)15-28/h6-12,28H,5,13-15H2,1-4H3. The number of nitrogens with zero attached hydrogens (tertiary/aromatic N) is 4. The molecule has 0 aliphatic carbocycles. The van der Waals surface area contributed by atoms with Gasteiger partial charge in [-0.25, -0.2) is 0 Å². The van der Waals surface area contributed by atoms with Gasteiger partial charge in [0.2, 0.25) is 5.89 Å². The number of hydrogen-bond acceptors (Lipinski definition) is 6. The molecule has 0 saturated heterocycles. The van der Waals surface area contributed by atoms with Crippen molar-refractivity contribution in [1.29, 1.82) is 0 Å². The van der Waals surface area contributed by atoms with Gasteiger partial charge in [-0.2, -0.15) is 4.98 Å². The molecule has 2 aromatic carbocycles. The minimum absolute atomic E-state index is 0.0372. The summed E-state index contributed by atoms with van der Waals surface area (Å²) < 4.78 is 5.09. The van der Waals surface area contributed by atoms with Crippen LogP contribution in [-0.4, -0.2) is 52.1 Å². The van der Waals surface area contributed by atoms with E-state index in [-0.39, 0.29) is 19.1 Å². The normalized spacial score (nSPS) is 11.1. The van der Waals surface area contributed by atoms with Gasteiger partial charge >= 0.3 is 0 Å². The molecule has 3 aromatic rings. The van der Waals surface area contributed by atoms with E-state index in [1.807, 2.05) is 45.3 Å². The Hall–Kier alpha value is -3.03. The molecule has 1 aromatic heterocycles. The second-order valence-corrected chi connectivity index (χ2v) is 7.58. The molecule has 30 heavy (non-hydrogen) atoms. The van der Waals surface area contributed by atoms with E-state index < -0.39 is 0 Å². The number of aryl methyl sites for hydroxylation is 1. The lowest BCUT2D eigenvalue weighted by Crippen LogP contribution is -2.26. The molecule has 1 heterocycles. The summed E-state index contributed by atoms with van der Waals surface area (Å²) in [6, 6.07) is 13.5. The molecule has 158 valence electrons. The number of carbonyl (C=O) groups excluding carboxylic acids is 1. The van der Waals surface area contributed by atoms with Gasteiger partial charge in [-0.1, -0.05) is 42.4 Å². The molecule has 0 atom stereocenters. The van der Waals surface area contributed by atoms with Crippen LogP contribution in [0.2, 0.25) is 0 Å². The molecular formula is C23H28N4O3. The number of rotatable bonds is 8. The summed E-state index contributed by atoms with van der Waals surface area (Å²) >= 11 is 0. The third-order valence-corrected chi connectivity index (χ3v) is 4.82. The average molecular weight is 409 g/mol. The second-order valence-electron chi connectivity index (χ2n) is 7.58. The minimum Gasteiger partial charge on any atom is -0.392 e. The monoisotopic (exact) mass is 408 g/mol.